The van der Waals surface area contributed by atoms with Crippen LogP contribution in [0.4, 0.5) is 23.1 Å². The van der Waals surface area contributed by atoms with E-state index in [0.717, 1.165) is 37.6 Å². The van der Waals surface area contributed by atoms with Gasteiger partial charge in [0, 0.05) is 43.8 Å². The molecule has 4 rings (SSSR count). The third-order valence-electron chi connectivity index (χ3n) is 4.72. The molecule has 0 atom stereocenters. The smallest absolute Gasteiger partial charge is 0.245 e. The van der Waals surface area contributed by atoms with Crippen LogP contribution in [0.5, 0.6) is 0 Å². The highest BCUT2D eigenvalue weighted by Crippen LogP contribution is 2.21. The molecule has 144 valence electrons. The maximum absolute atomic E-state index is 4.46. The zero-order valence-electron chi connectivity index (χ0n) is 15.9. The van der Waals surface area contributed by atoms with Gasteiger partial charge in [0.2, 0.25) is 5.95 Å². The molecule has 2 aromatic heterocycles. The molecule has 1 fully saturated rings. The van der Waals surface area contributed by atoms with Crippen LogP contribution in [0, 0.1) is 0 Å². The van der Waals surface area contributed by atoms with Gasteiger partial charge in [-0.3, -0.25) is 4.98 Å². The molecule has 0 unspecified atom stereocenters. The van der Waals surface area contributed by atoms with Crippen LogP contribution in [0.25, 0.3) is 0 Å². The summed E-state index contributed by atoms with van der Waals surface area (Å²) >= 11 is 0. The first-order chi connectivity index (χ1) is 13.8. The van der Waals surface area contributed by atoms with Gasteiger partial charge in [-0.25, -0.2) is 0 Å². The molecule has 1 aliphatic rings. The van der Waals surface area contributed by atoms with Crippen LogP contribution in [-0.2, 0) is 6.54 Å². The summed E-state index contributed by atoms with van der Waals surface area (Å²) in [5, 5.41) is 14.5. The van der Waals surface area contributed by atoms with E-state index in [9.17, 15) is 0 Å². The zero-order chi connectivity index (χ0) is 19.2. The molecule has 0 spiro atoms. The maximum Gasteiger partial charge on any atom is 0.245 e. The highest BCUT2D eigenvalue weighted by Gasteiger charge is 2.14. The van der Waals surface area contributed by atoms with E-state index < -0.39 is 0 Å². The van der Waals surface area contributed by atoms with Crippen LogP contribution in [0.1, 0.15) is 5.69 Å². The number of likely N-dealkylation sites (N-methyl/N-ethyl adjacent to an activating group) is 1. The quantitative estimate of drug-likeness (QED) is 0.679. The predicted octanol–water partition coefficient (Wildman–Crippen LogP) is 2.37. The Bertz CT molecular complexity index is 876. The monoisotopic (exact) mass is 376 g/mol. The highest BCUT2D eigenvalue weighted by molar-refractivity contribution is 5.61. The van der Waals surface area contributed by atoms with Crippen LogP contribution in [0.15, 0.2) is 54.9 Å². The minimum atomic E-state index is 0.463. The number of benzene rings is 1. The molecule has 8 heteroatoms. The average molecular weight is 376 g/mol. The van der Waals surface area contributed by atoms with Gasteiger partial charge in [0.25, 0.3) is 0 Å². The molecule has 1 aliphatic heterocycles. The molecule has 0 saturated carbocycles. The number of nitrogens with zero attached hydrogens (tertiary/aromatic N) is 6. The van der Waals surface area contributed by atoms with Crippen molar-refractivity contribution in [3.05, 3.63) is 60.6 Å². The third kappa shape index (κ3) is 4.72. The molecule has 1 saturated heterocycles. The fourth-order valence-electron chi connectivity index (χ4n) is 3.08. The molecule has 0 aliphatic carbocycles. The lowest BCUT2D eigenvalue weighted by Crippen LogP contribution is -2.44. The van der Waals surface area contributed by atoms with Crippen LogP contribution in [0.3, 0.4) is 0 Å². The molecule has 28 heavy (non-hydrogen) atoms. The summed E-state index contributed by atoms with van der Waals surface area (Å²) < 4.78 is 0. The van der Waals surface area contributed by atoms with E-state index >= 15 is 0 Å². The number of hydrogen-bond acceptors (Lipinski definition) is 8. The van der Waals surface area contributed by atoms with Crippen molar-refractivity contribution in [1.82, 2.24) is 25.1 Å². The van der Waals surface area contributed by atoms with Crippen molar-refractivity contribution in [2.45, 2.75) is 6.54 Å². The second-order valence-electron chi connectivity index (χ2n) is 6.80. The molecular formula is C20H24N8. The summed E-state index contributed by atoms with van der Waals surface area (Å²) in [4.78, 5) is 13.5. The minimum Gasteiger partial charge on any atom is -0.369 e. The lowest BCUT2D eigenvalue weighted by Gasteiger charge is -2.34. The summed E-state index contributed by atoms with van der Waals surface area (Å²) in [5.74, 6) is 1.11. The molecule has 2 N–H and O–H groups in total. The lowest BCUT2D eigenvalue weighted by molar-refractivity contribution is 0.313. The molecule has 0 radical (unpaired) electrons. The fraction of sp³-hybridized carbons (Fsp3) is 0.300. The number of nitrogens with one attached hydrogen (secondary N) is 2. The summed E-state index contributed by atoms with van der Waals surface area (Å²) in [5.41, 5.74) is 3.13. The lowest BCUT2D eigenvalue weighted by atomic mass is 10.2. The second-order valence-corrected chi connectivity index (χ2v) is 6.80. The van der Waals surface area contributed by atoms with E-state index in [1.807, 2.05) is 18.2 Å². The molecule has 3 heterocycles. The van der Waals surface area contributed by atoms with Gasteiger partial charge in [0.05, 0.1) is 18.4 Å². The Hall–Kier alpha value is -3.26. The normalized spacial score (nSPS) is 14.7. The number of hydrogen-bond donors (Lipinski definition) is 2. The van der Waals surface area contributed by atoms with Crippen LogP contribution >= 0.6 is 0 Å². The van der Waals surface area contributed by atoms with Gasteiger partial charge in [-0.2, -0.15) is 10.1 Å². The standard InChI is InChI=1S/C20H24N8/c1-27-10-12-28(13-11-27)18-7-5-16(6-8-18)24-19-15-23-26-20(25-19)22-14-17-4-2-3-9-21-17/h2-9,15H,10-14H2,1H3,(H2,22,24,25,26). The summed E-state index contributed by atoms with van der Waals surface area (Å²) in [6.07, 6.45) is 3.38. The molecule has 0 amide bonds. The zero-order valence-corrected chi connectivity index (χ0v) is 15.9. The topological polar surface area (TPSA) is 82.1 Å². The highest BCUT2D eigenvalue weighted by atomic mass is 15.3. The Morgan fingerprint density at radius 1 is 1.00 bits per heavy atom. The second kappa shape index (κ2) is 8.62. The van der Waals surface area contributed by atoms with Crippen molar-refractivity contribution in [3.63, 3.8) is 0 Å². The molecule has 3 aromatic rings. The van der Waals surface area contributed by atoms with Gasteiger partial charge in [0.15, 0.2) is 5.82 Å². The predicted molar refractivity (Wildman–Crippen MR) is 111 cm³/mol. The summed E-state index contributed by atoms with van der Waals surface area (Å²) in [7, 11) is 2.17. The van der Waals surface area contributed by atoms with Crippen molar-refractivity contribution < 1.29 is 0 Å². The van der Waals surface area contributed by atoms with Crippen LogP contribution in [0.2, 0.25) is 0 Å². The third-order valence-corrected chi connectivity index (χ3v) is 4.72. The van der Waals surface area contributed by atoms with Crippen molar-refractivity contribution >= 4 is 23.1 Å². The number of anilines is 4. The Morgan fingerprint density at radius 2 is 1.82 bits per heavy atom. The molecule has 1 aromatic carbocycles. The summed E-state index contributed by atoms with van der Waals surface area (Å²) in [6, 6.07) is 14.2. The number of rotatable bonds is 6. The van der Waals surface area contributed by atoms with E-state index in [4.69, 9.17) is 0 Å². The first-order valence-electron chi connectivity index (χ1n) is 9.40. The van der Waals surface area contributed by atoms with Gasteiger partial charge in [-0.15, -0.1) is 5.10 Å². The van der Waals surface area contributed by atoms with Crippen LogP contribution < -0.4 is 15.5 Å². The number of aromatic nitrogens is 4. The Morgan fingerprint density at radius 3 is 2.57 bits per heavy atom. The Balaban J connectivity index is 1.36. The first-order valence-corrected chi connectivity index (χ1v) is 9.40. The van der Waals surface area contributed by atoms with Crippen LogP contribution in [-0.4, -0.2) is 58.3 Å². The van der Waals surface area contributed by atoms with Gasteiger partial charge in [-0.1, -0.05) is 6.07 Å². The van der Waals surface area contributed by atoms with E-state index in [2.05, 4.69) is 71.9 Å². The fourth-order valence-corrected chi connectivity index (χ4v) is 3.08. The van der Waals surface area contributed by atoms with E-state index in [1.54, 1.807) is 12.4 Å². The van der Waals surface area contributed by atoms with Crippen molar-refractivity contribution in [1.29, 1.82) is 0 Å². The maximum atomic E-state index is 4.46. The van der Waals surface area contributed by atoms with Crippen molar-refractivity contribution in [2.75, 3.05) is 48.8 Å². The molecular weight excluding hydrogens is 352 g/mol. The molecule has 8 nitrogen and oxygen atoms in total. The van der Waals surface area contributed by atoms with Gasteiger partial charge in [-0.05, 0) is 43.4 Å². The van der Waals surface area contributed by atoms with Crippen molar-refractivity contribution in [3.8, 4) is 0 Å². The van der Waals surface area contributed by atoms with Crippen molar-refractivity contribution in [2.24, 2.45) is 0 Å². The van der Waals surface area contributed by atoms with E-state index in [0.29, 0.717) is 18.3 Å². The van der Waals surface area contributed by atoms with E-state index in [-0.39, 0.29) is 0 Å². The molecule has 0 bridgehead atoms. The summed E-state index contributed by atoms with van der Waals surface area (Å²) in [6.45, 7) is 4.86. The van der Waals surface area contributed by atoms with Gasteiger partial charge >= 0.3 is 0 Å². The number of piperazine rings is 1. The van der Waals surface area contributed by atoms with E-state index in [1.165, 1.54) is 5.69 Å². The first kappa shape index (κ1) is 18.1. The minimum absolute atomic E-state index is 0.463. The Labute approximate surface area is 164 Å². The van der Waals surface area contributed by atoms with Gasteiger partial charge in [0.1, 0.15) is 0 Å². The Kier molecular flexibility index (Phi) is 5.58. The van der Waals surface area contributed by atoms with Gasteiger partial charge < -0.3 is 20.4 Å². The number of pyridine rings is 1. The average Bonchev–Trinajstić information content (AvgIpc) is 2.75. The largest absolute Gasteiger partial charge is 0.369 e. The SMILES string of the molecule is CN1CCN(c2ccc(Nc3cnnc(NCc4ccccn4)n3)cc2)CC1.